The zero-order valence-corrected chi connectivity index (χ0v) is 12.8. The summed E-state index contributed by atoms with van der Waals surface area (Å²) in [5.41, 5.74) is 0. The lowest BCUT2D eigenvalue weighted by Gasteiger charge is -2.34. The van der Waals surface area contributed by atoms with E-state index in [1.807, 2.05) is 0 Å². The van der Waals surface area contributed by atoms with E-state index in [4.69, 9.17) is 11.6 Å². The molecule has 2 rings (SSSR count). The predicted octanol–water partition coefficient (Wildman–Crippen LogP) is 2.24. The summed E-state index contributed by atoms with van der Waals surface area (Å²) in [6.07, 6.45) is 2.69. The van der Waals surface area contributed by atoms with Crippen molar-refractivity contribution >= 4 is 21.6 Å². The van der Waals surface area contributed by atoms with Crippen LogP contribution in [0.2, 0.25) is 5.02 Å². The van der Waals surface area contributed by atoms with Crippen molar-refractivity contribution < 1.29 is 12.8 Å². The van der Waals surface area contributed by atoms with Crippen molar-refractivity contribution in [3.63, 3.8) is 0 Å². The Balaban J connectivity index is 2.34. The van der Waals surface area contributed by atoms with E-state index in [-0.39, 0.29) is 16.0 Å². The summed E-state index contributed by atoms with van der Waals surface area (Å²) in [6, 6.07) is 3.47. The number of sulfonamides is 1. The molecule has 0 radical (unpaired) electrons. The van der Waals surface area contributed by atoms with E-state index in [1.165, 1.54) is 16.4 Å². The summed E-state index contributed by atoms with van der Waals surface area (Å²) in [5, 5.41) is 2.85. The second-order valence-corrected chi connectivity index (χ2v) is 7.20. The van der Waals surface area contributed by atoms with Crippen molar-refractivity contribution in [2.75, 3.05) is 20.1 Å². The molecule has 7 heteroatoms. The van der Waals surface area contributed by atoms with Gasteiger partial charge in [-0.1, -0.05) is 18.0 Å². The molecule has 1 aromatic carbocycles. The van der Waals surface area contributed by atoms with Gasteiger partial charge in [-0.3, -0.25) is 0 Å². The van der Waals surface area contributed by atoms with Gasteiger partial charge in [-0.25, -0.2) is 12.8 Å². The molecule has 20 heavy (non-hydrogen) atoms. The van der Waals surface area contributed by atoms with Crippen molar-refractivity contribution in [3.8, 4) is 0 Å². The summed E-state index contributed by atoms with van der Waals surface area (Å²) >= 11 is 5.69. The highest BCUT2D eigenvalue weighted by atomic mass is 35.5. The number of piperidine rings is 1. The van der Waals surface area contributed by atoms with Gasteiger partial charge in [0.15, 0.2) is 0 Å². The van der Waals surface area contributed by atoms with E-state index < -0.39 is 15.8 Å². The summed E-state index contributed by atoms with van der Waals surface area (Å²) in [4.78, 5) is 0.0481. The number of halogens is 2. The van der Waals surface area contributed by atoms with Crippen molar-refractivity contribution in [1.29, 1.82) is 0 Å². The minimum Gasteiger partial charge on any atom is -0.318 e. The standard InChI is InChI=1S/C13H18ClFN2O2S/c1-16-9-10-4-2-3-7-17(10)20(18,19)11-5-6-13(15)12(14)8-11/h5-6,8,10,16H,2-4,7,9H2,1H3. The number of likely N-dealkylation sites (N-methyl/N-ethyl adjacent to an activating group) is 1. The molecule has 0 aromatic heterocycles. The van der Waals surface area contributed by atoms with Crippen LogP contribution in [0, 0.1) is 5.82 Å². The summed E-state index contributed by atoms with van der Waals surface area (Å²) < 4.78 is 40.0. The van der Waals surface area contributed by atoms with E-state index in [1.54, 1.807) is 7.05 Å². The van der Waals surface area contributed by atoms with E-state index in [0.29, 0.717) is 13.1 Å². The monoisotopic (exact) mass is 320 g/mol. The van der Waals surface area contributed by atoms with Crippen LogP contribution in [0.3, 0.4) is 0 Å². The topological polar surface area (TPSA) is 49.4 Å². The SMILES string of the molecule is CNCC1CCCCN1S(=O)(=O)c1ccc(F)c(Cl)c1. The second-order valence-electron chi connectivity index (χ2n) is 4.90. The molecule has 1 aliphatic rings. The zero-order chi connectivity index (χ0) is 14.8. The van der Waals surface area contributed by atoms with Gasteiger partial charge < -0.3 is 5.32 Å². The number of benzene rings is 1. The van der Waals surface area contributed by atoms with Crippen LogP contribution in [0.25, 0.3) is 0 Å². The molecule has 1 N–H and O–H groups in total. The van der Waals surface area contributed by atoms with Crippen LogP contribution in [0.5, 0.6) is 0 Å². The number of rotatable bonds is 4. The molecular formula is C13H18ClFN2O2S. The Labute approximate surface area is 124 Å². The van der Waals surface area contributed by atoms with E-state index in [9.17, 15) is 12.8 Å². The molecular weight excluding hydrogens is 303 g/mol. The fraction of sp³-hybridized carbons (Fsp3) is 0.538. The molecule has 1 heterocycles. The predicted molar refractivity (Wildman–Crippen MR) is 76.9 cm³/mol. The Bertz CT molecular complexity index is 578. The number of nitrogens with zero attached hydrogens (tertiary/aromatic N) is 1. The number of hydrogen-bond donors (Lipinski definition) is 1. The Kier molecular flexibility index (Phi) is 5.01. The van der Waals surface area contributed by atoms with Gasteiger partial charge in [0.2, 0.25) is 10.0 Å². The van der Waals surface area contributed by atoms with Crippen LogP contribution in [0.1, 0.15) is 19.3 Å². The normalized spacial score (nSPS) is 21.1. The Hall–Kier alpha value is -0.690. The molecule has 1 aromatic rings. The van der Waals surface area contributed by atoms with E-state index in [0.717, 1.165) is 25.3 Å². The smallest absolute Gasteiger partial charge is 0.243 e. The molecule has 1 unspecified atom stereocenters. The minimum atomic E-state index is -3.63. The first-order valence-electron chi connectivity index (χ1n) is 6.58. The third-order valence-corrected chi connectivity index (χ3v) is 5.75. The van der Waals surface area contributed by atoms with Crippen LogP contribution < -0.4 is 5.32 Å². The van der Waals surface area contributed by atoms with Gasteiger partial charge in [0.1, 0.15) is 5.82 Å². The van der Waals surface area contributed by atoms with Gasteiger partial charge in [0, 0.05) is 19.1 Å². The van der Waals surface area contributed by atoms with Crippen LogP contribution >= 0.6 is 11.6 Å². The first-order valence-corrected chi connectivity index (χ1v) is 8.40. The van der Waals surface area contributed by atoms with Crippen LogP contribution in [-0.2, 0) is 10.0 Å². The fourth-order valence-electron chi connectivity index (χ4n) is 2.50. The van der Waals surface area contributed by atoms with E-state index >= 15 is 0 Å². The second kappa shape index (κ2) is 6.39. The average molecular weight is 321 g/mol. The lowest BCUT2D eigenvalue weighted by atomic mass is 10.1. The molecule has 0 saturated carbocycles. The third kappa shape index (κ3) is 3.14. The minimum absolute atomic E-state index is 0.0481. The molecule has 1 fully saturated rings. The highest BCUT2D eigenvalue weighted by molar-refractivity contribution is 7.89. The third-order valence-electron chi connectivity index (χ3n) is 3.51. The molecule has 1 aliphatic heterocycles. The molecule has 0 spiro atoms. The largest absolute Gasteiger partial charge is 0.318 e. The maximum atomic E-state index is 13.2. The van der Waals surface area contributed by atoms with Gasteiger partial charge in [0.05, 0.1) is 9.92 Å². The van der Waals surface area contributed by atoms with Gasteiger partial charge in [-0.15, -0.1) is 0 Å². The first kappa shape index (κ1) is 15.7. The Morgan fingerprint density at radius 3 is 2.85 bits per heavy atom. The lowest BCUT2D eigenvalue weighted by molar-refractivity contribution is 0.249. The number of nitrogens with one attached hydrogen (secondary N) is 1. The lowest BCUT2D eigenvalue weighted by Crippen LogP contribution is -2.47. The first-order chi connectivity index (χ1) is 9.46. The zero-order valence-electron chi connectivity index (χ0n) is 11.3. The van der Waals surface area contributed by atoms with Crippen molar-refractivity contribution in [1.82, 2.24) is 9.62 Å². The molecule has 112 valence electrons. The van der Waals surface area contributed by atoms with Gasteiger partial charge in [-0.05, 0) is 38.1 Å². The highest BCUT2D eigenvalue weighted by Crippen LogP contribution is 2.27. The molecule has 1 saturated heterocycles. The molecule has 4 nitrogen and oxygen atoms in total. The van der Waals surface area contributed by atoms with Crippen molar-refractivity contribution in [3.05, 3.63) is 29.0 Å². The maximum Gasteiger partial charge on any atom is 0.243 e. The Morgan fingerprint density at radius 1 is 1.45 bits per heavy atom. The highest BCUT2D eigenvalue weighted by Gasteiger charge is 2.33. The van der Waals surface area contributed by atoms with Gasteiger partial charge in [-0.2, -0.15) is 4.31 Å². The molecule has 0 aliphatic carbocycles. The van der Waals surface area contributed by atoms with Crippen LogP contribution in [-0.4, -0.2) is 38.9 Å². The average Bonchev–Trinajstić information content (AvgIpc) is 2.42. The fourth-order valence-corrected chi connectivity index (χ4v) is 4.47. The van der Waals surface area contributed by atoms with Gasteiger partial charge in [0.25, 0.3) is 0 Å². The Morgan fingerprint density at radius 2 is 2.20 bits per heavy atom. The van der Waals surface area contributed by atoms with E-state index in [2.05, 4.69) is 5.32 Å². The quantitative estimate of drug-likeness (QED) is 0.925. The van der Waals surface area contributed by atoms with Crippen LogP contribution in [0.15, 0.2) is 23.1 Å². The van der Waals surface area contributed by atoms with Gasteiger partial charge >= 0.3 is 0 Å². The maximum absolute atomic E-state index is 13.2. The van der Waals surface area contributed by atoms with Crippen LogP contribution in [0.4, 0.5) is 4.39 Å². The molecule has 0 amide bonds. The number of hydrogen-bond acceptors (Lipinski definition) is 3. The summed E-state index contributed by atoms with van der Waals surface area (Å²) in [6.45, 7) is 1.10. The summed E-state index contributed by atoms with van der Waals surface area (Å²) in [7, 11) is -1.83. The molecule has 0 bridgehead atoms. The summed E-state index contributed by atoms with van der Waals surface area (Å²) in [5.74, 6) is -0.615. The van der Waals surface area contributed by atoms with Crippen molar-refractivity contribution in [2.45, 2.75) is 30.2 Å². The molecule has 1 atom stereocenters. The van der Waals surface area contributed by atoms with Crippen molar-refractivity contribution in [2.24, 2.45) is 0 Å².